The van der Waals surface area contributed by atoms with Gasteiger partial charge in [0.25, 0.3) is 0 Å². The van der Waals surface area contributed by atoms with Crippen molar-refractivity contribution in [1.29, 1.82) is 0 Å². The van der Waals surface area contributed by atoms with Gasteiger partial charge >= 0.3 is 0 Å². The molecule has 0 bridgehead atoms. The molecule has 0 aliphatic heterocycles. The number of hydrogen-bond acceptors (Lipinski definition) is 2. The first-order valence-corrected chi connectivity index (χ1v) is 7.30. The molecule has 0 aliphatic carbocycles. The van der Waals surface area contributed by atoms with Gasteiger partial charge in [0, 0.05) is 15.5 Å². The van der Waals surface area contributed by atoms with Gasteiger partial charge in [-0.1, -0.05) is 31.9 Å². The Morgan fingerprint density at radius 3 is 2.35 bits per heavy atom. The lowest BCUT2D eigenvalue weighted by Gasteiger charge is -2.11. The highest BCUT2D eigenvalue weighted by atomic mass is 79.9. The number of hydrogen-bond donors (Lipinski definition) is 1. The fourth-order valence-electron chi connectivity index (χ4n) is 1.71. The molecule has 0 spiro atoms. The van der Waals surface area contributed by atoms with Crippen LogP contribution in [0.25, 0.3) is 0 Å². The van der Waals surface area contributed by atoms with Crippen LogP contribution in [0, 0.1) is 11.6 Å². The molecule has 2 aromatic carbocycles. The maximum Gasteiger partial charge on any atom is 0.150 e. The lowest BCUT2D eigenvalue weighted by molar-refractivity contribution is 0.414. The molecule has 0 saturated heterocycles. The maximum absolute atomic E-state index is 13.7. The van der Waals surface area contributed by atoms with E-state index in [4.69, 9.17) is 4.74 Å². The van der Waals surface area contributed by atoms with Crippen LogP contribution in [0.3, 0.4) is 0 Å². The largest absolute Gasteiger partial charge is 0.497 e. The predicted octanol–water partition coefficient (Wildman–Crippen LogP) is 5.11. The lowest BCUT2D eigenvalue weighted by Crippen LogP contribution is -2.05. The number of anilines is 1. The monoisotopic (exact) mass is 405 g/mol. The Morgan fingerprint density at radius 2 is 1.75 bits per heavy atom. The van der Waals surface area contributed by atoms with Crippen LogP contribution >= 0.6 is 31.9 Å². The van der Waals surface area contributed by atoms with Crippen molar-refractivity contribution in [3.63, 3.8) is 0 Å². The zero-order valence-electron chi connectivity index (χ0n) is 10.5. The highest BCUT2D eigenvalue weighted by Crippen LogP contribution is 2.27. The van der Waals surface area contributed by atoms with Crippen molar-refractivity contribution >= 4 is 37.5 Å². The van der Waals surface area contributed by atoms with Gasteiger partial charge in [0.1, 0.15) is 23.1 Å². The predicted molar refractivity (Wildman–Crippen MR) is 82.1 cm³/mol. The molecule has 0 aliphatic rings. The third kappa shape index (κ3) is 3.49. The summed E-state index contributed by atoms with van der Waals surface area (Å²) in [6.07, 6.45) is 0. The number of rotatable bonds is 4. The summed E-state index contributed by atoms with van der Waals surface area (Å²) >= 11 is 6.43. The first kappa shape index (κ1) is 15.3. The molecule has 2 rings (SSSR count). The van der Waals surface area contributed by atoms with E-state index in [1.54, 1.807) is 19.2 Å². The van der Waals surface area contributed by atoms with Crippen LogP contribution in [-0.4, -0.2) is 7.11 Å². The maximum atomic E-state index is 13.7. The fourth-order valence-corrected chi connectivity index (χ4v) is 2.50. The third-order valence-corrected chi connectivity index (χ3v) is 3.95. The fraction of sp³-hybridized carbons (Fsp3) is 0.143. The smallest absolute Gasteiger partial charge is 0.150 e. The molecule has 0 radical (unpaired) electrons. The van der Waals surface area contributed by atoms with Gasteiger partial charge in [0.05, 0.1) is 7.11 Å². The summed E-state index contributed by atoms with van der Waals surface area (Å²) < 4.78 is 33.7. The molecule has 0 unspecified atom stereocenters. The average molecular weight is 407 g/mol. The van der Waals surface area contributed by atoms with Gasteiger partial charge in [0.15, 0.2) is 0 Å². The van der Waals surface area contributed by atoms with Crippen molar-refractivity contribution in [3.05, 3.63) is 56.5 Å². The second-order valence-electron chi connectivity index (χ2n) is 4.06. The zero-order valence-corrected chi connectivity index (χ0v) is 13.7. The molecule has 20 heavy (non-hydrogen) atoms. The Labute approximate surface area is 132 Å². The van der Waals surface area contributed by atoms with Crippen molar-refractivity contribution in [2.75, 3.05) is 12.4 Å². The topological polar surface area (TPSA) is 21.3 Å². The number of nitrogens with one attached hydrogen (secondary N) is 1. The van der Waals surface area contributed by atoms with Crippen molar-refractivity contribution in [2.45, 2.75) is 6.54 Å². The SMILES string of the molecule is COc1ccc(Br)c(CNc2c(F)cc(Br)cc2F)c1. The lowest BCUT2D eigenvalue weighted by atomic mass is 10.2. The number of halogens is 4. The van der Waals surface area contributed by atoms with E-state index in [1.807, 2.05) is 6.07 Å². The molecule has 2 aromatic rings. The van der Waals surface area contributed by atoms with Crippen LogP contribution < -0.4 is 10.1 Å². The minimum atomic E-state index is -0.643. The van der Waals surface area contributed by atoms with Gasteiger partial charge < -0.3 is 10.1 Å². The summed E-state index contributed by atoms with van der Waals surface area (Å²) in [5.41, 5.74) is 0.689. The summed E-state index contributed by atoms with van der Waals surface area (Å²) in [5, 5.41) is 2.76. The Hall–Kier alpha value is -1.14. The van der Waals surface area contributed by atoms with Crippen molar-refractivity contribution in [2.24, 2.45) is 0 Å². The van der Waals surface area contributed by atoms with Crippen LogP contribution in [0.2, 0.25) is 0 Å². The van der Waals surface area contributed by atoms with E-state index in [1.165, 1.54) is 12.1 Å². The molecule has 0 aromatic heterocycles. The van der Waals surface area contributed by atoms with E-state index in [9.17, 15) is 8.78 Å². The second kappa shape index (κ2) is 6.54. The standard InChI is InChI=1S/C14H11Br2F2NO/c1-20-10-2-3-11(16)8(4-10)7-19-14-12(17)5-9(15)6-13(14)18/h2-6,19H,7H2,1H3. The summed E-state index contributed by atoms with van der Waals surface area (Å²) in [6.45, 7) is 0.271. The molecule has 2 nitrogen and oxygen atoms in total. The van der Waals surface area contributed by atoms with Crippen LogP contribution in [0.4, 0.5) is 14.5 Å². The summed E-state index contributed by atoms with van der Waals surface area (Å²) in [4.78, 5) is 0. The quantitative estimate of drug-likeness (QED) is 0.761. The van der Waals surface area contributed by atoms with E-state index in [-0.39, 0.29) is 12.2 Å². The van der Waals surface area contributed by atoms with Crippen molar-refractivity contribution in [3.8, 4) is 5.75 Å². The van der Waals surface area contributed by atoms with Crippen LogP contribution in [0.1, 0.15) is 5.56 Å². The van der Waals surface area contributed by atoms with Gasteiger partial charge in [-0.3, -0.25) is 0 Å². The molecule has 6 heteroatoms. The van der Waals surface area contributed by atoms with E-state index >= 15 is 0 Å². The third-order valence-electron chi connectivity index (χ3n) is 2.72. The minimum Gasteiger partial charge on any atom is -0.497 e. The normalized spacial score (nSPS) is 10.4. The Morgan fingerprint density at radius 1 is 1.10 bits per heavy atom. The Balaban J connectivity index is 2.21. The van der Waals surface area contributed by atoms with Crippen LogP contribution in [0.15, 0.2) is 39.3 Å². The number of ether oxygens (including phenoxy) is 1. The van der Waals surface area contributed by atoms with Gasteiger partial charge in [-0.05, 0) is 35.9 Å². The van der Waals surface area contributed by atoms with Gasteiger partial charge in [-0.15, -0.1) is 0 Å². The molecule has 0 saturated carbocycles. The molecule has 106 valence electrons. The number of methoxy groups -OCH3 is 1. The highest BCUT2D eigenvalue weighted by molar-refractivity contribution is 9.10. The molecule has 1 N–H and O–H groups in total. The molecule has 0 heterocycles. The molecule has 0 amide bonds. The van der Waals surface area contributed by atoms with E-state index in [2.05, 4.69) is 37.2 Å². The van der Waals surface area contributed by atoms with E-state index < -0.39 is 11.6 Å². The van der Waals surface area contributed by atoms with Crippen LogP contribution in [-0.2, 0) is 6.54 Å². The molecular formula is C14H11Br2F2NO. The minimum absolute atomic E-state index is 0.150. The Kier molecular flexibility index (Phi) is 4.99. The Bertz CT molecular complexity index is 612. The summed E-state index contributed by atoms with van der Waals surface area (Å²) in [7, 11) is 1.56. The molecule has 0 atom stereocenters. The average Bonchev–Trinajstić information content (AvgIpc) is 2.39. The summed E-state index contributed by atoms with van der Waals surface area (Å²) in [5.74, 6) is -0.603. The van der Waals surface area contributed by atoms with Crippen molar-refractivity contribution in [1.82, 2.24) is 0 Å². The first-order chi connectivity index (χ1) is 9.51. The summed E-state index contributed by atoms with van der Waals surface area (Å²) in [6, 6.07) is 7.85. The van der Waals surface area contributed by atoms with Gasteiger partial charge in [-0.2, -0.15) is 0 Å². The molecule has 0 fully saturated rings. The second-order valence-corrected chi connectivity index (χ2v) is 5.83. The van der Waals surface area contributed by atoms with Crippen molar-refractivity contribution < 1.29 is 13.5 Å². The number of benzene rings is 2. The first-order valence-electron chi connectivity index (χ1n) is 5.72. The van der Waals surface area contributed by atoms with Gasteiger partial charge in [0.2, 0.25) is 0 Å². The van der Waals surface area contributed by atoms with E-state index in [0.717, 1.165) is 10.0 Å². The zero-order chi connectivity index (χ0) is 14.7. The highest BCUT2D eigenvalue weighted by Gasteiger charge is 2.11. The van der Waals surface area contributed by atoms with Gasteiger partial charge in [-0.25, -0.2) is 8.78 Å². The molecular weight excluding hydrogens is 396 g/mol. The van der Waals surface area contributed by atoms with Crippen LogP contribution in [0.5, 0.6) is 5.75 Å². The van der Waals surface area contributed by atoms with E-state index in [0.29, 0.717) is 10.2 Å².